The van der Waals surface area contributed by atoms with E-state index in [2.05, 4.69) is 15.6 Å². The van der Waals surface area contributed by atoms with Crippen molar-refractivity contribution in [2.45, 2.75) is 13.8 Å². The number of aryl methyl sites for hydroxylation is 1. The summed E-state index contributed by atoms with van der Waals surface area (Å²) in [7, 11) is 0. The highest BCUT2D eigenvalue weighted by Gasteiger charge is 2.24. The maximum absolute atomic E-state index is 12.5. The van der Waals surface area contributed by atoms with E-state index in [4.69, 9.17) is 0 Å². The van der Waals surface area contributed by atoms with Gasteiger partial charge in [-0.15, -0.1) is 0 Å². The third kappa shape index (κ3) is 2.39. The van der Waals surface area contributed by atoms with Crippen LogP contribution < -0.4 is 11.0 Å². The summed E-state index contributed by atoms with van der Waals surface area (Å²) in [5.74, 6) is -0.593. The number of aromatic amines is 1. The SMILES string of the molecule is CC1=NNC(=O)[C@@H]1/C=C\c1c(C)[nH]n(-c2ccccc2)c1=O. The summed E-state index contributed by atoms with van der Waals surface area (Å²) in [4.78, 5) is 24.1. The highest BCUT2D eigenvalue weighted by Crippen LogP contribution is 2.13. The van der Waals surface area contributed by atoms with Crippen LogP contribution in [-0.4, -0.2) is 21.4 Å². The Bertz CT molecular complexity index is 828. The summed E-state index contributed by atoms with van der Waals surface area (Å²) in [5.41, 5.74) is 5.03. The van der Waals surface area contributed by atoms with E-state index in [-0.39, 0.29) is 11.5 Å². The van der Waals surface area contributed by atoms with Crippen molar-refractivity contribution in [3.63, 3.8) is 0 Å². The van der Waals surface area contributed by atoms with Crippen LogP contribution in [0, 0.1) is 12.8 Å². The molecule has 0 fully saturated rings. The molecule has 0 bridgehead atoms. The predicted molar refractivity (Wildman–Crippen MR) is 84.9 cm³/mol. The van der Waals surface area contributed by atoms with Gasteiger partial charge in [-0.1, -0.05) is 30.4 Å². The molecule has 22 heavy (non-hydrogen) atoms. The second kappa shape index (κ2) is 5.48. The van der Waals surface area contributed by atoms with E-state index in [1.807, 2.05) is 37.3 Å². The van der Waals surface area contributed by atoms with Gasteiger partial charge < -0.3 is 0 Å². The van der Waals surface area contributed by atoms with E-state index in [0.717, 1.165) is 11.4 Å². The van der Waals surface area contributed by atoms with Crippen LogP contribution in [0.2, 0.25) is 0 Å². The van der Waals surface area contributed by atoms with Crippen LogP contribution in [0.5, 0.6) is 0 Å². The Kier molecular flexibility index (Phi) is 3.50. The van der Waals surface area contributed by atoms with Gasteiger partial charge in [-0.3, -0.25) is 14.7 Å². The van der Waals surface area contributed by atoms with Crippen molar-refractivity contribution in [2.24, 2.45) is 11.0 Å². The predicted octanol–water partition coefficient (Wildman–Crippen LogP) is 1.61. The molecule has 1 atom stereocenters. The van der Waals surface area contributed by atoms with Gasteiger partial charge in [0, 0.05) is 5.69 Å². The molecule has 6 nitrogen and oxygen atoms in total. The Balaban J connectivity index is 1.96. The van der Waals surface area contributed by atoms with Gasteiger partial charge in [0.1, 0.15) is 0 Å². The lowest BCUT2D eigenvalue weighted by atomic mass is 10.0. The average molecular weight is 296 g/mol. The van der Waals surface area contributed by atoms with Gasteiger partial charge in [0.05, 0.1) is 22.9 Å². The standard InChI is InChI=1S/C16H16N4O2/c1-10-13(15(21)18-17-10)8-9-14-11(2)19-20(16(14)22)12-6-4-3-5-7-12/h3-9,13,19H,1-2H3,(H,18,21)/b9-8-/t13-/m1/s1. The number of hydrogen-bond donors (Lipinski definition) is 2. The summed E-state index contributed by atoms with van der Waals surface area (Å²) < 4.78 is 1.49. The summed E-state index contributed by atoms with van der Waals surface area (Å²) >= 11 is 0. The van der Waals surface area contributed by atoms with Gasteiger partial charge in [0.2, 0.25) is 0 Å². The fourth-order valence-electron chi connectivity index (χ4n) is 2.41. The molecular formula is C16H16N4O2. The first-order valence-corrected chi connectivity index (χ1v) is 6.97. The van der Waals surface area contributed by atoms with Gasteiger partial charge >= 0.3 is 0 Å². The third-order valence-electron chi connectivity index (χ3n) is 3.66. The molecule has 6 heteroatoms. The van der Waals surface area contributed by atoms with Gasteiger partial charge in [0.25, 0.3) is 11.5 Å². The molecule has 0 spiro atoms. The van der Waals surface area contributed by atoms with Crippen LogP contribution in [-0.2, 0) is 4.79 Å². The van der Waals surface area contributed by atoms with Crippen LogP contribution in [0.3, 0.4) is 0 Å². The smallest absolute Gasteiger partial charge is 0.278 e. The number of hydrazone groups is 1. The number of benzene rings is 1. The molecule has 2 heterocycles. The minimum Gasteiger partial charge on any atom is -0.295 e. The monoisotopic (exact) mass is 296 g/mol. The van der Waals surface area contributed by atoms with Crippen molar-refractivity contribution in [1.29, 1.82) is 0 Å². The normalized spacial score (nSPS) is 17.8. The molecule has 2 aromatic rings. The molecule has 0 unspecified atom stereocenters. The number of rotatable bonds is 3. The minimum absolute atomic E-state index is 0.145. The minimum atomic E-state index is -0.418. The van der Waals surface area contributed by atoms with Gasteiger partial charge in [-0.2, -0.15) is 5.10 Å². The zero-order valence-corrected chi connectivity index (χ0v) is 12.3. The maximum Gasteiger partial charge on any atom is 0.278 e. The molecule has 0 saturated heterocycles. The summed E-state index contributed by atoms with van der Waals surface area (Å²) in [6.07, 6.45) is 3.39. The number of aromatic nitrogens is 2. The zero-order chi connectivity index (χ0) is 15.7. The number of hydrogen-bond acceptors (Lipinski definition) is 3. The number of para-hydroxylation sites is 1. The van der Waals surface area contributed by atoms with Crippen LogP contribution in [0.15, 0.2) is 46.3 Å². The summed E-state index contributed by atoms with van der Waals surface area (Å²) in [6, 6.07) is 9.34. The Hall–Kier alpha value is -2.89. The van der Waals surface area contributed by atoms with E-state index in [1.165, 1.54) is 4.68 Å². The van der Waals surface area contributed by atoms with E-state index in [0.29, 0.717) is 11.3 Å². The molecule has 1 amide bonds. The average Bonchev–Trinajstić information content (AvgIpc) is 2.99. The lowest BCUT2D eigenvalue weighted by molar-refractivity contribution is -0.121. The first kappa shape index (κ1) is 14.1. The number of carbonyl (C=O) groups is 1. The van der Waals surface area contributed by atoms with Crippen LogP contribution >= 0.6 is 0 Å². The second-order valence-electron chi connectivity index (χ2n) is 5.19. The van der Waals surface area contributed by atoms with Crippen molar-refractivity contribution in [3.05, 3.63) is 58.0 Å². The van der Waals surface area contributed by atoms with Crippen molar-refractivity contribution >= 4 is 17.7 Å². The number of nitrogens with zero attached hydrogens (tertiary/aromatic N) is 2. The number of H-pyrrole nitrogens is 1. The third-order valence-corrected chi connectivity index (χ3v) is 3.66. The van der Waals surface area contributed by atoms with Crippen LogP contribution in [0.1, 0.15) is 18.2 Å². The molecule has 1 aliphatic rings. The molecule has 3 rings (SSSR count). The lowest BCUT2D eigenvalue weighted by Gasteiger charge is -1.99. The molecule has 112 valence electrons. The Morgan fingerprint density at radius 2 is 1.91 bits per heavy atom. The Morgan fingerprint density at radius 3 is 2.55 bits per heavy atom. The number of carbonyl (C=O) groups excluding carboxylic acids is 1. The molecule has 0 aliphatic carbocycles. The highest BCUT2D eigenvalue weighted by molar-refractivity contribution is 6.08. The van der Waals surface area contributed by atoms with Crippen molar-refractivity contribution in [1.82, 2.24) is 15.2 Å². The van der Waals surface area contributed by atoms with Gasteiger partial charge in [-0.25, -0.2) is 10.1 Å². The molecule has 1 aromatic carbocycles. The Morgan fingerprint density at radius 1 is 1.18 bits per heavy atom. The van der Waals surface area contributed by atoms with E-state index in [1.54, 1.807) is 19.1 Å². The largest absolute Gasteiger partial charge is 0.295 e. The van der Waals surface area contributed by atoms with Crippen molar-refractivity contribution in [2.75, 3.05) is 0 Å². The fraction of sp³-hybridized carbons (Fsp3) is 0.188. The highest BCUT2D eigenvalue weighted by atomic mass is 16.2. The fourth-order valence-corrected chi connectivity index (χ4v) is 2.41. The quantitative estimate of drug-likeness (QED) is 0.902. The van der Waals surface area contributed by atoms with E-state index >= 15 is 0 Å². The molecule has 0 radical (unpaired) electrons. The van der Waals surface area contributed by atoms with Crippen LogP contribution in [0.4, 0.5) is 0 Å². The van der Waals surface area contributed by atoms with E-state index in [9.17, 15) is 9.59 Å². The molecular weight excluding hydrogens is 280 g/mol. The number of amides is 1. The first-order valence-electron chi connectivity index (χ1n) is 6.97. The van der Waals surface area contributed by atoms with Crippen molar-refractivity contribution in [3.8, 4) is 5.69 Å². The number of nitrogens with one attached hydrogen (secondary N) is 2. The topological polar surface area (TPSA) is 79.2 Å². The summed E-state index contributed by atoms with van der Waals surface area (Å²) in [5, 5.41) is 6.93. The molecule has 1 aromatic heterocycles. The molecule has 0 saturated carbocycles. The first-order chi connectivity index (χ1) is 10.6. The summed E-state index contributed by atoms with van der Waals surface area (Å²) in [6.45, 7) is 3.61. The van der Waals surface area contributed by atoms with Crippen molar-refractivity contribution < 1.29 is 4.79 Å². The van der Waals surface area contributed by atoms with Crippen LogP contribution in [0.25, 0.3) is 11.8 Å². The molecule has 2 N–H and O–H groups in total. The Labute approximate surface area is 127 Å². The molecule has 1 aliphatic heterocycles. The zero-order valence-electron chi connectivity index (χ0n) is 12.3. The second-order valence-corrected chi connectivity index (χ2v) is 5.19. The van der Waals surface area contributed by atoms with Gasteiger partial charge in [-0.05, 0) is 26.0 Å². The lowest BCUT2D eigenvalue weighted by Crippen LogP contribution is -2.20. The maximum atomic E-state index is 12.5. The van der Waals surface area contributed by atoms with E-state index < -0.39 is 5.92 Å². The van der Waals surface area contributed by atoms with Gasteiger partial charge in [0.15, 0.2) is 0 Å².